The van der Waals surface area contributed by atoms with E-state index in [4.69, 9.17) is 0 Å². The molecule has 0 aromatic rings. The summed E-state index contributed by atoms with van der Waals surface area (Å²) in [5, 5.41) is 12.6. The second kappa shape index (κ2) is 8.51. The van der Waals surface area contributed by atoms with Gasteiger partial charge in [0.25, 0.3) is 0 Å². The fraction of sp³-hybridized carbons (Fsp3) is 0.867. The van der Waals surface area contributed by atoms with Crippen LogP contribution in [0.25, 0.3) is 0 Å². The Bertz CT molecular complexity index is 357. The molecule has 2 N–H and O–H groups in total. The van der Waals surface area contributed by atoms with Gasteiger partial charge in [-0.15, -0.1) is 0 Å². The van der Waals surface area contributed by atoms with Gasteiger partial charge in [0.2, 0.25) is 0 Å². The fourth-order valence-corrected chi connectivity index (χ4v) is 3.31. The van der Waals surface area contributed by atoms with Gasteiger partial charge in [0.15, 0.2) is 0 Å². The van der Waals surface area contributed by atoms with E-state index >= 15 is 0 Å². The van der Waals surface area contributed by atoms with E-state index in [2.05, 4.69) is 18.5 Å². The van der Waals surface area contributed by atoms with E-state index < -0.39 is 11.5 Å². The van der Waals surface area contributed by atoms with Crippen LogP contribution in [0.4, 0.5) is 4.79 Å². The monoisotopic (exact) mass is 316 g/mol. The topological polar surface area (TPSA) is 69.6 Å². The fourth-order valence-electron chi connectivity index (χ4n) is 2.96. The zero-order valence-corrected chi connectivity index (χ0v) is 14.2. The summed E-state index contributed by atoms with van der Waals surface area (Å²) in [6.45, 7) is 2.77. The van der Waals surface area contributed by atoms with Crippen LogP contribution in [0.2, 0.25) is 0 Å². The maximum Gasteiger partial charge on any atom is 0.317 e. The maximum atomic E-state index is 12.3. The first kappa shape index (κ1) is 18.1. The molecular formula is C15H28N2O3S. The minimum absolute atomic E-state index is 0.0398. The first-order valence-electron chi connectivity index (χ1n) is 7.67. The number of urea groups is 1. The van der Waals surface area contributed by atoms with Crippen molar-refractivity contribution >= 4 is 23.8 Å². The third-order valence-electron chi connectivity index (χ3n) is 4.51. The van der Waals surface area contributed by atoms with E-state index in [1.807, 2.05) is 0 Å². The molecule has 0 bridgehead atoms. The number of rotatable bonds is 7. The number of nitrogens with zero attached hydrogens (tertiary/aromatic N) is 1. The number of carboxylic acids is 1. The number of hydrogen-bond acceptors (Lipinski definition) is 3. The van der Waals surface area contributed by atoms with Gasteiger partial charge in [0, 0.05) is 18.8 Å². The predicted molar refractivity (Wildman–Crippen MR) is 86.8 cm³/mol. The van der Waals surface area contributed by atoms with Crippen LogP contribution < -0.4 is 5.32 Å². The van der Waals surface area contributed by atoms with Crippen LogP contribution in [0, 0.1) is 0 Å². The van der Waals surface area contributed by atoms with Crippen LogP contribution in [0.15, 0.2) is 0 Å². The summed E-state index contributed by atoms with van der Waals surface area (Å²) in [5.74, 6) is -0.826. The Labute approximate surface area is 131 Å². The van der Waals surface area contributed by atoms with Crippen molar-refractivity contribution in [1.82, 2.24) is 10.2 Å². The third-order valence-corrected chi connectivity index (χ3v) is 5.55. The Kier molecular flexibility index (Phi) is 7.35. The molecule has 6 heteroatoms. The number of carboxylic acid groups (broad SMARTS) is 1. The molecule has 2 amide bonds. The minimum atomic E-state index is -0.826. The molecule has 0 radical (unpaired) electrons. The molecule has 5 nitrogen and oxygen atoms in total. The maximum absolute atomic E-state index is 12.3. The van der Waals surface area contributed by atoms with Gasteiger partial charge in [-0.25, -0.2) is 4.79 Å². The second-order valence-electron chi connectivity index (χ2n) is 5.98. The summed E-state index contributed by atoms with van der Waals surface area (Å²) in [4.78, 5) is 25.1. The zero-order chi connectivity index (χ0) is 15.9. The van der Waals surface area contributed by atoms with E-state index in [0.717, 1.165) is 38.5 Å². The van der Waals surface area contributed by atoms with Gasteiger partial charge >= 0.3 is 12.0 Å². The van der Waals surface area contributed by atoms with Gasteiger partial charge in [0.05, 0.1) is 12.0 Å². The molecule has 0 aromatic heterocycles. The van der Waals surface area contributed by atoms with Crippen molar-refractivity contribution in [3.8, 4) is 0 Å². The summed E-state index contributed by atoms with van der Waals surface area (Å²) in [7, 11) is 1.74. The van der Waals surface area contributed by atoms with Gasteiger partial charge < -0.3 is 15.3 Å². The molecule has 0 aromatic carbocycles. The van der Waals surface area contributed by atoms with Crippen molar-refractivity contribution < 1.29 is 14.7 Å². The smallest absolute Gasteiger partial charge is 0.317 e. The molecule has 1 fully saturated rings. The summed E-state index contributed by atoms with van der Waals surface area (Å²) >= 11 is 1.78. The Hall–Kier alpha value is -0.910. The average molecular weight is 316 g/mol. The summed E-state index contributed by atoms with van der Waals surface area (Å²) in [6, 6.07) is -0.147. The largest absolute Gasteiger partial charge is 0.481 e. The van der Waals surface area contributed by atoms with Crippen LogP contribution in [0.5, 0.6) is 0 Å². The van der Waals surface area contributed by atoms with Crippen molar-refractivity contribution in [2.45, 2.75) is 62.7 Å². The van der Waals surface area contributed by atoms with E-state index in [0.29, 0.717) is 11.8 Å². The highest BCUT2D eigenvalue weighted by Crippen LogP contribution is 2.35. The highest BCUT2D eigenvalue weighted by atomic mass is 32.2. The van der Waals surface area contributed by atoms with Gasteiger partial charge in [-0.3, -0.25) is 4.79 Å². The van der Waals surface area contributed by atoms with E-state index in [1.165, 1.54) is 0 Å². The number of carbonyl (C=O) groups excluding carboxylic acids is 1. The molecule has 0 aliphatic heterocycles. The standard InChI is InChI=1S/C15H28N2O3S/c1-12(21-3)7-10-16-14(20)17(2)15(11-13(18)19)8-5-4-6-9-15/h12H,4-11H2,1-3H3,(H,16,20)(H,18,19). The third kappa shape index (κ3) is 5.41. The Balaban J connectivity index is 2.60. The average Bonchev–Trinajstić information content (AvgIpc) is 2.46. The minimum Gasteiger partial charge on any atom is -0.481 e. The number of carbonyl (C=O) groups is 2. The molecular weight excluding hydrogens is 288 g/mol. The van der Waals surface area contributed by atoms with E-state index in [1.54, 1.807) is 23.7 Å². The molecule has 1 aliphatic rings. The van der Waals surface area contributed by atoms with Crippen LogP contribution in [-0.4, -0.2) is 52.6 Å². The van der Waals surface area contributed by atoms with Crippen molar-refractivity contribution in [1.29, 1.82) is 0 Å². The van der Waals surface area contributed by atoms with Crippen LogP contribution in [0.3, 0.4) is 0 Å². The molecule has 122 valence electrons. The summed E-state index contributed by atoms with van der Waals surface area (Å²) in [6.07, 6.45) is 7.70. The predicted octanol–water partition coefficient (Wildman–Crippen LogP) is 2.95. The number of nitrogens with one attached hydrogen (secondary N) is 1. The van der Waals surface area contributed by atoms with Crippen molar-refractivity contribution in [2.75, 3.05) is 19.8 Å². The molecule has 1 rings (SSSR count). The molecule has 0 spiro atoms. The van der Waals surface area contributed by atoms with Crippen LogP contribution in [0.1, 0.15) is 51.9 Å². The Morgan fingerprint density at radius 1 is 1.33 bits per heavy atom. The Morgan fingerprint density at radius 2 is 1.95 bits per heavy atom. The first-order chi connectivity index (χ1) is 9.91. The lowest BCUT2D eigenvalue weighted by molar-refractivity contribution is -0.140. The van der Waals surface area contributed by atoms with Crippen LogP contribution in [-0.2, 0) is 4.79 Å². The lowest BCUT2D eigenvalue weighted by Crippen LogP contribution is -2.55. The second-order valence-corrected chi connectivity index (χ2v) is 7.26. The molecule has 1 unspecified atom stereocenters. The molecule has 1 aliphatic carbocycles. The van der Waals surface area contributed by atoms with Crippen molar-refractivity contribution in [2.24, 2.45) is 0 Å². The van der Waals surface area contributed by atoms with Gasteiger partial charge in [-0.2, -0.15) is 11.8 Å². The van der Waals surface area contributed by atoms with Crippen LogP contribution >= 0.6 is 11.8 Å². The zero-order valence-electron chi connectivity index (χ0n) is 13.4. The lowest BCUT2D eigenvalue weighted by atomic mass is 9.78. The lowest BCUT2D eigenvalue weighted by Gasteiger charge is -2.43. The molecule has 1 atom stereocenters. The van der Waals surface area contributed by atoms with Crippen molar-refractivity contribution in [3.63, 3.8) is 0 Å². The summed E-state index contributed by atoms with van der Waals surface area (Å²) < 4.78 is 0. The van der Waals surface area contributed by atoms with Crippen molar-refractivity contribution in [3.05, 3.63) is 0 Å². The molecule has 21 heavy (non-hydrogen) atoms. The van der Waals surface area contributed by atoms with Gasteiger partial charge in [-0.1, -0.05) is 26.2 Å². The first-order valence-corrected chi connectivity index (χ1v) is 8.96. The highest BCUT2D eigenvalue weighted by Gasteiger charge is 2.40. The quantitative estimate of drug-likeness (QED) is 0.757. The number of amides is 2. The molecule has 0 saturated heterocycles. The van der Waals surface area contributed by atoms with Gasteiger partial charge in [0.1, 0.15) is 0 Å². The summed E-state index contributed by atoms with van der Waals surface area (Å²) in [5.41, 5.74) is -0.515. The normalized spacial score (nSPS) is 18.8. The highest BCUT2D eigenvalue weighted by molar-refractivity contribution is 7.99. The Morgan fingerprint density at radius 3 is 2.48 bits per heavy atom. The molecule has 0 heterocycles. The number of hydrogen-bond donors (Lipinski definition) is 2. The SMILES string of the molecule is CSC(C)CCNC(=O)N(C)C1(CC(=O)O)CCCCC1. The van der Waals surface area contributed by atoms with E-state index in [9.17, 15) is 14.7 Å². The molecule has 1 saturated carbocycles. The van der Waals surface area contributed by atoms with E-state index in [-0.39, 0.29) is 12.5 Å². The van der Waals surface area contributed by atoms with Gasteiger partial charge in [-0.05, 0) is 25.5 Å². The number of aliphatic carboxylic acids is 1. The number of thioether (sulfide) groups is 1.